The van der Waals surface area contributed by atoms with Crippen LogP contribution < -0.4 is 0 Å². The van der Waals surface area contributed by atoms with Crippen LogP contribution in [0.4, 0.5) is 13.2 Å². The number of benzene rings is 1. The van der Waals surface area contributed by atoms with Gasteiger partial charge in [0.1, 0.15) is 0 Å². The van der Waals surface area contributed by atoms with Crippen molar-refractivity contribution in [2.24, 2.45) is 5.41 Å². The fourth-order valence-corrected chi connectivity index (χ4v) is 3.69. The number of hydrogen-bond acceptors (Lipinski definition) is 3. The Hall–Kier alpha value is -1.89. The molecule has 2 amide bonds. The van der Waals surface area contributed by atoms with E-state index in [4.69, 9.17) is 0 Å². The highest BCUT2D eigenvalue weighted by Crippen LogP contribution is 2.47. The van der Waals surface area contributed by atoms with Gasteiger partial charge in [0.15, 0.2) is 0 Å². The third kappa shape index (κ3) is 2.92. The van der Waals surface area contributed by atoms with Crippen LogP contribution in [0.3, 0.4) is 0 Å². The number of hydrogen-bond donors (Lipinski definition) is 1. The van der Waals surface area contributed by atoms with Crippen LogP contribution in [0, 0.1) is 5.41 Å². The zero-order valence-electron chi connectivity index (χ0n) is 13.0. The number of imide groups is 1. The summed E-state index contributed by atoms with van der Waals surface area (Å²) in [5.41, 5.74) is -1.48. The molecular weight excluding hydrogens is 323 g/mol. The molecule has 1 saturated carbocycles. The number of aliphatic hydroxyl groups excluding tert-OH is 1. The van der Waals surface area contributed by atoms with Gasteiger partial charge in [-0.1, -0.05) is 25.0 Å². The van der Waals surface area contributed by atoms with Gasteiger partial charge in [-0.2, -0.15) is 13.2 Å². The molecule has 0 unspecified atom stereocenters. The van der Waals surface area contributed by atoms with E-state index in [0.29, 0.717) is 12.8 Å². The lowest BCUT2D eigenvalue weighted by atomic mass is 9.84. The number of carbonyl (C=O) groups is 2. The number of likely N-dealkylation sites (tertiary alicyclic amines) is 1. The molecule has 0 radical (unpaired) electrons. The topological polar surface area (TPSA) is 57.6 Å². The summed E-state index contributed by atoms with van der Waals surface area (Å²) in [5, 5.41) is 10.2. The van der Waals surface area contributed by atoms with Gasteiger partial charge in [0.05, 0.1) is 23.6 Å². The molecule has 1 aromatic rings. The van der Waals surface area contributed by atoms with Crippen molar-refractivity contribution in [2.45, 2.75) is 44.4 Å². The van der Waals surface area contributed by atoms with Crippen molar-refractivity contribution in [3.63, 3.8) is 0 Å². The maximum Gasteiger partial charge on any atom is 0.416 e. The minimum atomic E-state index is -4.51. The molecule has 2 aliphatic rings. The van der Waals surface area contributed by atoms with Crippen LogP contribution >= 0.6 is 0 Å². The third-order valence-electron chi connectivity index (χ3n) is 5.00. The predicted octanol–water partition coefficient (Wildman–Crippen LogP) is 3.06. The van der Waals surface area contributed by atoms with E-state index in [1.165, 1.54) is 12.1 Å². The van der Waals surface area contributed by atoms with Gasteiger partial charge in [0.2, 0.25) is 11.8 Å². The molecule has 3 rings (SSSR count). The molecule has 7 heteroatoms. The highest BCUT2D eigenvalue weighted by atomic mass is 19.4. The fraction of sp³-hybridized carbons (Fsp3) is 0.529. The zero-order valence-corrected chi connectivity index (χ0v) is 13.0. The molecule has 1 aliphatic carbocycles. The van der Waals surface area contributed by atoms with E-state index in [2.05, 4.69) is 0 Å². The summed E-state index contributed by atoms with van der Waals surface area (Å²) in [6, 6.07) is 4.32. The van der Waals surface area contributed by atoms with Gasteiger partial charge < -0.3 is 5.11 Å². The smallest absolute Gasteiger partial charge is 0.387 e. The quantitative estimate of drug-likeness (QED) is 0.860. The van der Waals surface area contributed by atoms with Gasteiger partial charge in [-0.05, 0) is 30.5 Å². The third-order valence-corrected chi connectivity index (χ3v) is 5.00. The lowest BCUT2D eigenvalue weighted by Gasteiger charge is -2.23. The summed E-state index contributed by atoms with van der Waals surface area (Å²) >= 11 is 0. The molecule has 130 valence electrons. The van der Waals surface area contributed by atoms with Crippen LogP contribution in [0.1, 0.15) is 49.3 Å². The highest BCUT2D eigenvalue weighted by Gasteiger charge is 2.52. The van der Waals surface area contributed by atoms with Gasteiger partial charge in [-0.3, -0.25) is 14.5 Å². The van der Waals surface area contributed by atoms with Crippen LogP contribution in [0.5, 0.6) is 0 Å². The first-order chi connectivity index (χ1) is 11.2. The lowest BCUT2D eigenvalue weighted by Crippen LogP contribution is -2.37. The van der Waals surface area contributed by atoms with Crippen molar-refractivity contribution >= 4 is 11.8 Å². The van der Waals surface area contributed by atoms with Crippen molar-refractivity contribution < 1.29 is 27.9 Å². The number of halogens is 3. The summed E-state index contributed by atoms with van der Waals surface area (Å²) in [6.07, 6.45) is -2.60. The average molecular weight is 341 g/mol. The number of β-amino-alcohol motifs (C(OH)–C–C–N with tert-alkyl or cyclic N) is 1. The zero-order chi connectivity index (χ0) is 17.5. The first kappa shape index (κ1) is 17.0. The minimum absolute atomic E-state index is 0.0396. The second-order valence-electron chi connectivity index (χ2n) is 6.61. The molecule has 1 heterocycles. The Morgan fingerprint density at radius 2 is 1.88 bits per heavy atom. The molecule has 1 aliphatic heterocycles. The lowest BCUT2D eigenvalue weighted by molar-refractivity contribution is -0.143. The van der Waals surface area contributed by atoms with Crippen LogP contribution in [0.2, 0.25) is 0 Å². The molecular formula is C17H18F3NO3. The first-order valence-electron chi connectivity index (χ1n) is 7.93. The molecule has 0 bridgehead atoms. The Labute approximate surface area is 137 Å². The van der Waals surface area contributed by atoms with Crippen molar-refractivity contribution in [3.8, 4) is 0 Å². The second kappa shape index (κ2) is 5.88. The molecule has 24 heavy (non-hydrogen) atoms. The molecule has 1 N–H and O–H groups in total. The van der Waals surface area contributed by atoms with Crippen molar-refractivity contribution in [3.05, 3.63) is 35.4 Å². The van der Waals surface area contributed by atoms with Crippen LogP contribution in [0.15, 0.2) is 24.3 Å². The van der Waals surface area contributed by atoms with Crippen LogP contribution in [-0.4, -0.2) is 28.4 Å². The Bertz CT molecular complexity index is 665. The van der Waals surface area contributed by atoms with E-state index in [-0.39, 0.29) is 30.3 Å². The number of rotatable bonds is 3. The van der Waals surface area contributed by atoms with E-state index in [0.717, 1.165) is 29.9 Å². The SMILES string of the molecule is O=C1CC2(CCCC2)C(=O)N1C[C@@H](O)c1cccc(C(F)(F)F)c1. The molecule has 0 aromatic heterocycles. The summed E-state index contributed by atoms with van der Waals surface area (Å²) in [5.74, 6) is -0.649. The molecule has 1 saturated heterocycles. The van der Waals surface area contributed by atoms with Crippen LogP contribution in [-0.2, 0) is 15.8 Å². The normalized spacial score (nSPS) is 21.8. The predicted molar refractivity (Wildman–Crippen MR) is 78.6 cm³/mol. The van der Waals surface area contributed by atoms with E-state index < -0.39 is 23.3 Å². The van der Waals surface area contributed by atoms with Gasteiger partial charge in [-0.15, -0.1) is 0 Å². The maximum atomic E-state index is 12.8. The minimum Gasteiger partial charge on any atom is -0.387 e. The summed E-state index contributed by atoms with van der Waals surface area (Å²) in [4.78, 5) is 25.7. The standard InChI is InChI=1S/C17H18F3NO3/c18-17(19,20)12-5-3-4-11(8-12)13(22)10-21-14(23)9-16(15(21)24)6-1-2-7-16/h3-5,8,13,22H,1-2,6-7,9-10H2/t13-/m1/s1. The van der Waals surface area contributed by atoms with Crippen LogP contribution in [0.25, 0.3) is 0 Å². The molecule has 1 atom stereocenters. The van der Waals surface area contributed by atoms with Crippen molar-refractivity contribution in [1.82, 2.24) is 4.90 Å². The maximum absolute atomic E-state index is 12.8. The first-order valence-corrected chi connectivity index (χ1v) is 7.93. The number of aliphatic hydroxyl groups is 1. The van der Waals surface area contributed by atoms with Gasteiger partial charge in [-0.25, -0.2) is 0 Å². The summed E-state index contributed by atoms with van der Waals surface area (Å²) < 4.78 is 38.3. The number of alkyl halides is 3. The Morgan fingerprint density at radius 3 is 2.50 bits per heavy atom. The fourth-order valence-electron chi connectivity index (χ4n) is 3.69. The van der Waals surface area contributed by atoms with E-state index in [9.17, 15) is 27.9 Å². The Morgan fingerprint density at radius 1 is 1.21 bits per heavy atom. The van der Waals surface area contributed by atoms with Gasteiger partial charge in [0.25, 0.3) is 0 Å². The van der Waals surface area contributed by atoms with Gasteiger partial charge in [0, 0.05) is 6.42 Å². The van der Waals surface area contributed by atoms with E-state index >= 15 is 0 Å². The summed E-state index contributed by atoms with van der Waals surface area (Å²) in [6.45, 7) is -0.305. The summed E-state index contributed by atoms with van der Waals surface area (Å²) in [7, 11) is 0. The van der Waals surface area contributed by atoms with Crippen molar-refractivity contribution in [1.29, 1.82) is 0 Å². The number of nitrogens with zero attached hydrogens (tertiary/aromatic N) is 1. The second-order valence-corrected chi connectivity index (χ2v) is 6.61. The largest absolute Gasteiger partial charge is 0.416 e. The van der Waals surface area contributed by atoms with Gasteiger partial charge >= 0.3 is 6.18 Å². The van der Waals surface area contributed by atoms with E-state index in [1.807, 2.05) is 0 Å². The monoisotopic (exact) mass is 341 g/mol. The highest BCUT2D eigenvalue weighted by molar-refractivity contribution is 6.06. The average Bonchev–Trinajstić information content (AvgIpc) is 3.08. The van der Waals surface area contributed by atoms with E-state index in [1.54, 1.807) is 0 Å². The molecule has 1 spiro atoms. The number of amides is 2. The molecule has 2 fully saturated rings. The Kier molecular flexibility index (Phi) is 4.15. The van der Waals surface area contributed by atoms with Crippen molar-refractivity contribution in [2.75, 3.05) is 6.54 Å². The molecule has 4 nitrogen and oxygen atoms in total. The molecule has 1 aromatic carbocycles. The number of carbonyl (C=O) groups excluding carboxylic acids is 2. The Balaban J connectivity index is 1.76.